The van der Waals surface area contributed by atoms with Crippen LogP contribution in [0.15, 0.2) is 47.4 Å². The number of hydrogen-bond acceptors (Lipinski definition) is 4. The Balaban J connectivity index is 1.75. The maximum absolute atomic E-state index is 13.4. The summed E-state index contributed by atoms with van der Waals surface area (Å²) in [6.45, 7) is -0.479. The van der Waals surface area contributed by atoms with Crippen molar-refractivity contribution in [2.45, 2.75) is 4.90 Å². The van der Waals surface area contributed by atoms with Crippen molar-refractivity contribution in [3.63, 3.8) is 0 Å². The first-order valence-corrected chi connectivity index (χ1v) is 8.09. The quantitative estimate of drug-likeness (QED) is 0.618. The highest BCUT2D eigenvalue weighted by atomic mass is 35.5. The van der Waals surface area contributed by atoms with Crippen molar-refractivity contribution in [2.24, 2.45) is 0 Å². The molecule has 0 spiro atoms. The minimum atomic E-state index is -0.713. The van der Waals surface area contributed by atoms with Crippen LogP contribution in [-0.4, -0.2) is 24.2 Å². The van der Waals surface area contributed by atoms with E-state index in [1.54, 1.807) is 24.3 Å². The molecule has 0 saturated carbocycles. The molecular weight excluding hydrogens is 360 g/mol. The molecule has 0 fully saturated rings. The first-order valence-electron chi connectivity index (χ1n) is 6.73. The predicted octanol–water partition coefficient (Wildman–Crippen LogP) is 3.89. The van der Waals surface area contributed by atoms with Crippen molar-refractivity contribution in [3.05, 3.63) is 59.1 Å². The van der Waals surface area contributed by atoms with E-state index in [-0.39, 0.29) is 10.6 Å². The fraction of sp³-hybridized carbons (Fsp3) is 0.125. The topological polar surface area (TPSA) is 55.4 Å². The SMILES string of the molecule is O=C(COC(=O)CSc1cc(F)ccc1F)Nc1ccc(Cl)cc1. The van der Waals surface area contributed by atoms with Gasteiger partial charge in [-0.05, 0) is 42.5 Å². The van der Waals surface area contributed by atoms with Gasteiger partial charge < -0.3 is 10.1 Å². The lowest BCUT2D eigenvalue weighted by Crippen LogP contribution is -2.21. The highest BCUT2D eigenvalue weighted by Gasteiger charge is 2.11. The molecule has 0 bridgehead atoms. The zero-order valence-corrected chi connectivity index (χ0v) is 13.8. The molecular formula is C16H12ClF2NO3S. The number of thioether (sulfide) groups is 1. The van der Waals surface area contributed by atoms with E-state index in [1.807, 2.05) is 0 Å². The van der Waals surface area contributed by atoms with E-state index < -0.39 is 30.1 Å². The second-order valence-electron chi connectivity index (χ2n) is 4.58. The van der Waals surface area contributed by atoms with Gasteiger partial charge in [0, 0.05) is 15.6 Å². The fourth-order valence-corrected chi connectivity index (χ4v) is 2.53. The molecule has 4 nitrogen and oxygen atoms in total. The maximum Gasteiger partial charge on any atom is 0.316 e. The second-order valence-corrected chi connectivity index (χ2v) is 6.03. The van der Waals surface area contributed by atoms with Crippen LogP contribution in [0.4, 0.5) is 14.5 Å². The van der Waals surface area contributed by atoms with Crippen molar-refractivity contribution < 1.29 is 23.1 Å². The number of carbonyl (C=O) groups is 2. The highest BCUT2D eigenvalue weighted by molar-refractivity contribution is 8.00. The average molecular weight is 372 g/mol. The monoisotopic (exact) mass is 371 g/mol. The Bertz CT molecular complexity index is 741. The molecule has 0 saturated heterocycles. The van der Waals surface area contributed by atoms with Gasteiger partial charge in [-0.1, -0.05) is 11.6 Å². The molecule has 0 unspecified atom stereocenters. The van der Waals surface area contributed by atoms with Crippen LogP contribution in [0.1, 0.15) is 0 Å². The number of hydrogen-bond donors (Lipinski definition) is 1. The Morgan fingerprint density at radius 1 is 1.12 bits per heavy atom. The minimum Gasteiger partial charge on any atom is -0.455 e. The van der Waals surface area contributed by atoms with Gasteiger partial charge >= 0.3 is 5.97 Å². The smallest absolute Gasteiger partial charge is 0.316 e. The van der Waals surface area contributed by atoms with E-state index in [2.05, 4.69) is 5.32 Å². The molecule has 0 atom stereocenters. The minimum absolute atomic E-state index is 0.00225. The largest absolute Gasteiger partial charge is 0.455 e. The molecule has 2 rings (SSSR count). The molecule has 2 aromatic rings. The summed E-state index contributed by atoms with van der Waals surface area (Å²) >= 11 is 6.51. The summed E-state index contributed by atoms with van der Waals surface area (Å²) in [6, 6.07) is 9.36. The Morgan fingerprint density at radius 2 is 1.83 bits per heavy atom. The van der Waals surface area contributed by atoms with Gasteiger partial charge in [0.05, 0.1) is 5.75 Å². The summed E-state index contributed by atoms with van der Waals surface area (Å²) < 4.78 is 31.2. The van der Waals surface area contributed by atoms with Crippen LogP contribution in [0.2, 0.25) is 5.02 Å². The number of benzene rings is 2. The molecule has 2 aromatic carbocycles. The van der Waals surface area contributed by atoms with Gasteiger partial charge in [-0.25, -0.2) is 8.78 Å². The van der Waals surface area contributed by atoms with E-state index in [1.165, 1.54) is 0 Å². The van der Waals surface area contributed by atoms with Crippen molar-refractivity contribution in [2.75, 3.05) is 17.7 Å². The molecule has 0 aliphatic rings. The third-order valence-electron chi connectivity index (χ3n) is 2.73. The lowest BCUT2D eigenvalue weighted by molar-refractivity contribution is -0.144. The fourth-order valence-electron chi connectivity index (χ4n) is 1.64. The van der Waals surface area contributed by atoms with Crippen molar-refractivity contribution in [1.82, 2.24) is 0 Å². The molecule has 0 heterocycles. The number of anilines is 1. The van der Waals surface area contributed by atoms with Crippen molar-refractivity contribution in [3.8, 4) is 0 Å². The van der Waals surface area contributed by atoms with Crippen LogP contribution in [0.5, 0.6) is 0 Å². The van der Waals surface area contributed by atoms with Crippen LogP contribution in [-0.2, 0) is 14.3 Å². The molecule has 0 radical (unpaired) electrons. The summed E-state index contributed by atoms with van der Waals surface area (Å²) in [7, 11) is 0. The molecule has 0 aliphatic heterocycles. The van der Waals surface area contributed by atoms with E-state index in [4.69, 9.17) is 16.3 Å². The van der Waals surface area contributed by atoms with Gasteiger partial charge in [-0.15, -0.1) is 11.8 Å². The van der Waals surface area contributed by atoms with Gasteiger partial charge in [0.2, 0.25) is 0 Å². The van der Waals surface area contributed by atoms with Crippen LogP contribution < -0.4 is 5.32 Å². The molecule has 0 aliphatic carbocycles. The summed E-state index contributed by atoms with van der Waals surface area (Å²) in [5.74, 6) is -2.71. The standard InChI is InChI=1S/C16H12ClF2NO3S/c17-10-1-4-12(5-2-10)20-15(21)8-23-16(22)9-24-14-7-11(18)3-6-13(14)19/h1-7H,8-9H2,(H,20,21). The number of rotatable bonds is 6. The Kier molecular flexibility index (Phi) is 6.57. The summed E-state index contributed by atoms with van der Waals surface area (Å²) in [5.41, 5.74) is 0.511. The van der Waals surface area contributed by atoms with Gasteiger partial charge in [0.15, 0.2) is 6.61 Å². The molecule has 0 aromatic heterocycles. The van der Waals surface area contributed by atoms with E-state index in [0.717, 1.165) is 30.0 Å². The second kappa shape index (κ2) is 8.65. The summed E-state index contributed by atoms with van der Waals surface area (Å²) in [4.78, 5) is 23.2. The first-order chi connectivity index (χ1) is 11.4. The van der Waals surface area contributed by atoms with Crippen LogP contribution in [0, 0.1) is 11.6 Å². The number of carbonyl (C=O) groups excluding carboxylic acids is 2. The van der Waals surface area contributed by atoms with Gasteiger partial charge in [-0.3, -0.25) is 9.59 Å². The zero-order chi connectivity index (χ0) is 17.5. The number of halogens is 3. The lowest BCUT2D eigenvalue weighted by Gasteiger charge is -2.07. The average Bonchev–Trinajstić information content (AvgIpc) is 2.56. The predicted molar refractivity (Wildman–Crippen MR) is 88.1 cm³/mol. The Hall–Kier alpha value is -2.12. The number of nitrogens with one attached hydrogen (secondary N) is 1. The Morgan fingerprint density at radius 3 is 2.54 bits per heavy atom. The van der Waals surface area contributed by atoms with Gasteiger partial charge in [0.1, 0.15) is 11.6 Å². The number of amides is 1. The zero-order valence-electron chi connectivity index (χ0n) is 12.2. The Labute approximate surface area is 146 Å². The van der Waals surface area contributed by atoms with Crippen molar-refractivity contribution in [1.29, 1.82) is 0 Å². The summed E-state index contributed by atoms with van der Waals surface area (Å²) in [5, 5.41) is 3.05. The third kappa shape index (κ3) is 5.82. The van der Waals surface area contributed by atoms with Gasteiger partial charge in [0.25, 0.3) is 5.91 Å². The van der Waals surface area contributed by atoms with Crippen LogP contribution >= 0.6 is 23.4 Å². The van der Waals surface area contributed by atoms with Crippen LogP contribution in [0.3, 0.4) is 0 Å². The third-order valence-corrected chi connectivity index (χ3v) is 3.99. The van der Waals surface area contributed by atoms with E-state index in [0.29, 0.717) is 10.7 Å². The molecule has 1 amide bonds. The molecule has 24 heavy (non-hydrogen) atoms. The van der Waals surface area contributed by atoms with E-state index >= 15 is 0 Å². The number of esters is 1. The molecule has 126 valence electrons. The first kappa shape index (κ1) is 18.2. The normalized spacial score (nSPS) is 10.3. The molecule has 1 N–H and O–H groups in total. The van der Waals surface area contributed by atoms with E-state index in [9.17, 15) is 18.4 Å². The lowest BCUT2D eigenvalue weighted by atomic mass is 10.3. The van der Waals surface area contributed by atoms with Crippen LogP contribution in [0.25, 0.3) is 0 Å². The van der Waals surface area contributed by atoms with Gasteiger partial charge in [-0.2, -0.15) is 0 Å². The summed E-state index contributed by atoms with van der Waals surface area (Å²) in [6.07, 6.45) is 0. The molecule has 8 heteroatoms. The number of ether oxygens (including phenoxy) is 1. The highest BCUT2D eigenvalue weighted by Crippen LogP contribution is 2.22. The van der Waals surface area contributed by atoms with Crippen molar-refractivity contribution >= 4 is 40.9 Å². The maximum atomic E-state index is 13.4.